The molecule has 2 unspecified atom stereocenters. The molecule has 0 aliphatic heterocycles. The van der Waals surface area contributed by atoms with Crippen molar-refractivity contribution in [1.29, 1.82) is 0 Å². The molecule has 1 aromatic carbocycles. The summed E-state index contributed by atoms with van der Waals surface area (Å²) >= 11 is 3.42. The molecule has 0 radical (unpaired) electrons. The van der Waals surface area contributed by atoms with E-state index in [1.54, 1.807) is 6.07 Å². The summed E-state index contributed by atoms with van der Waals surface area (Å²) in [6.07, 6.45) is 2.57. The second-order valence-corrected chi connectivity index (χ2v) is 6.21. The van der Waals surface area contributed by atoms with Gasteiger partial charge in [0.05, 0.1) is 5.60 Å². The highest BCUT2D eigenvalue weighted by molar-refractivity contribution is 9.10. The Labute approximate surface area is 124 Å². The molecule has 4 heteroatoms. The number of rotatable bonds is 7. The van der Waals surface area contributed by atoms with Gasteiger partial charge in [0.1, 0.15) is 5.75 Å². The fourth-order valence-corrected chi connectivity index (χ4v) is 2.63. The first-order chi connectivity index (χ1) is 8.89. The lowest BCUT2D eigenvalue weighted by Gasteiger charge is -2.27. The SMILES string of the molecule is CCCC(C)(O)CNC(CC)c1cc(Br)ccc1O. The molecule has 0 bridgehead atoms. The van der Waals surface area contributed by atoms with Crippen molar-refractivity contribution >= 4 is 15.9 Å². The third kappa shape index (κ3) is 5.13. The fraction of sp³-hybridized carbons (Fsp3) is 0.600. The van der Waals surface area contributed by atoms with Crippen LogP contribution < -0.4 is 5.32 Å². The fourth-order valence-electron chi connectivity index (χ4n) is 2.25. The van der Waals surface area contributed by atoms with Crippen LogP contribution in [0.5, 0.6) is 5.75 Å². The van der Waals surface area contributed by atoms with Gasteiger partial charge in [-0.15, -0.1) is 0 Å². The summed E-state index contributed by atoms with van der Waals surface area (Å²) in [5.41, 5.74) is 0.160. The zero-order valence-electron chi connectivity index (χ0n) is 11.9. The maximum Gasteiger partial charge on any atom is 0.120 e. The first-order valence-electron chi connectivity index (χ1n) is 6.83. The molecule has 0 aliphatic rings. The van der Waals surface area contributed by atoms with Crippen LogP contribution in [0.25, 0.3) is 0 Å². The van der Waals surface area contributed by atoms with Crippen LogP contribution in [0.4, 0.5) is 0 Å². The molecule has 0 aliphatic carbocycles. The molecule has 0 amide bonds. The molecule has 19 heavy (non-hydrogen) atoms. The Bertz CT molecular complexity index is 407. The third-order valence-corrected chi connectivity index (χ3v) is 3.78. The van der Waals surface area contributed by atoms with Crippen LogP contribution in [0.3, 0.4) is 0 Å². The average molecular weight is 330 g/mol. The largest absolute Gasteiger partial charge is 0.508 e. The molecule has 1 aromatic rings. The molecule has 0 aromatic heterocycles. The lowest BCUT2D eigenvalue weighted by atomic mass is 9.98. The zero-order chi connectivity index (χ0) is 14.5. The van der Waals surface area contributed by atoms with E-state index in [9.17, 15) is 10.2 Å². The topological polar surface area (TPSA) is 52.5 Å². The summed E-state index contributed by atoms with van der Waals surface area (Å²) in [4.78, 5) is 0. The minimum absolute atomic E-state index is 0.0424. The van der Waals surface area contributed by atoms with Crippen molar-refractivity contribution in [2.75, 3.05) is 6.54 Å². The highest BCUT2D eigenvalue weighted by Crippen LogP contribution is 2.29. The van der Waals surface area contributed by atoms with Crippen molar-refractivity contribution in [3.63, 3.8) is 0 Å². The van der Waals surface area contributed by atoms with Gasteiger partial charge in [0.15, 0.2) is 0 Å². The predicted octanol–water partition coefficient (Wildman–Crippen LogP) is 3.75. The van der Waals surface area contributed by atoms with Crippen LogP contribution in [0.15, 0.2) is 22.7 Å². The van der Waals surface area contributed by atoms with Gasteiger partial charge >= 0.3 is 0 Å². The molecule has 3 N–H and O–H groups in total. The summed E-state index contributed by atoms with van der Waals surface area (Å²) in [7, 11) is 0. The van der Waals surface area contributed by atoms with Gasteiger partial charge in [0, 0.05) is 22.6 Å². The molecule has 0 saturated carbocycles. The normalized spacial score (nSPS) is 16.1. The molecule has 108 valence electrons. The van der Waals surface area contributed by atoms with Crippen molar-refractivity contribution in [1.82, 2.24) is 5.32 Å². The van der Waals surface area contributed by atoms with Crippen molar-refractivity contribution in [2.24, 2.45) is 0 Å². The summed E-state index contributed by atoms with van der Waals surface area (Å²) in [6.45, 7) is 6.49. The van der Waals surface area contributed by atoms with E-state index in [1.807, 2.05) is 19.1 Å². The number of aliphatic hydroxyl groups is 1. The number of phenols is 1. The van der Waals surface area contributed by atoms with Crippen molar-refractivity contribution in [2.45, 2.75) is 51.7 Å². The van der Waals surface area contributed by atoms with Gasteiger partial charge < -0.3 is 15.5 Å². The lowest BCUT2D eigenvalue weighted by Crippen LogP contribution is -2.39. The quantitative estimate of drug-likeness (QED) is 0.714. The van der Waals surface area contributed by atoms with E-state index >= 15 is 0 Å². The predicted molar refractivity (Wildman–Crippen MR) is 82.4 cm³/mol. The van der Waals surface area contributed by atoms with Gasteiger partial charge in [-0.2, -0.15) is 0 Å². The molecule has 3 nitrogen and oxygen atoms in total. The zero-order valence-corrected chi connectivity index (χ0v) is 13.5. The van der Waals surface area contributed by atoms with Gasteiger partial charge in [0.2, 0.25) is 0 Å². The van der Waals surface area contributed by atoms with E-state index in [-0.39, 0.29) is 11.8 Å². The van der Waals surface area contributed by atoms with Crippen molar-refractivity contribution in [3.05, 3.63) is 28.2 Å². The van der Waals surface area contributed by atoms with E-state index in [0.717, 1.165) is 29.3 Å². The monoisotopic (exact) mass is 329 g/mol. The van der Waals surface area contributed by atoms with Gasteiger partial charge in [-0.05, 0) is 38.0 Å². The second kappa shape index (κ2) is 7.27. The van der Waals surface area contributed by atoms with Crippen LogP contribution in [0.2, 0.25) is 0 Å². The molecule has 1 rings (SSSR count). The van der Waals surface area contributed by atoms with E-state index in [0.29, 0.717) is 6.54 Å². The van der Waals surface area contributed by atoms with Gasteiger partial charge in [-0.25, -0.2) is 0 Å². The van der Waals surface area contributed by atoms with E-state index in [4.69, 9.17) is 0 Å². The number of aromatic hydroxyl groups is 1. The Kier molecular flexibility index (Phi) is 6.30. The minimum atomic E-state index is -0.705. The van der Waals surface area contributed by atoms with Crippen molar-refractivity contribution in [3.8, 4) is 5.75 Å². The second-order valence-electron chi connectivity index (χ2n) is 5.29. The maximum absolute atomic E-state index is 10.2. The maximum atomic E-state index is 10.2. The first kappa shape index (κ1) is 16.5. The summed E-state index contributed by atoms with van der Waals surface area (Å²) in [5, 5.41) is 23.5. The standard InChI is InChI=1S/C15H24BrNO2/c1-4-8-15(3,19)10-17-13(5-2)12-9-11(16)6-7-14(12)18/h6-7,9,13,17-19H,4-5,8,10H2,1-3H3. The Morgan fingerprint density at radius 2 is 2.05 bits per heavy atom. The average Bonchev–Trinajstić information content (AvgIpc) is 2.34. The van der Waals surface area contributed by atoms with E-state index in [2.05, 4.69) is 35.1 Å². The number of nitrogens with one attached hydrogen (secondary N) is 1. The van der Waals surface area contributed by atoms with E-state index in [1.165, 1.54) is 0 Å². The number of halogens is 1. The summed E-state index contributed by atoms with van der Waals surface area (Å²) in [5.74, 6) is 0.290. The van der Waals surface area contributed by atoms with Gasteiger partial charge in [-0.1, -0.05) is 36.2 Å². The number of phenolic OH excluding ortho intramolecular Hbond substituents is 1. The molecular weight excluding hydrogens is 306 g/mol. The Balaban J connectivity index is 2.76. The third-order valence-electron chi connectivity index (χ3n) is 3.29. The van der Waals surface area contributed by atoms with Crippen LogP contribution >= 0.6 is 15.9 Å². The smallest absolute Gasteiger partial charge is 0.120 e. The van der Waals surface area contributed by atoms with Crippen LogP contribution in [-0.4, -0.2) is 22.4 Å². The Morgan fingerprint density at radius 1 is 1.37 bits per heavy atom. The number of benzene rings is 1. The number of hydrogen-bond acceptors (Lipinski definition) is 3. The molecule has 0 saturated heterocycles. The summed E-state index contributed by atoms with van der Waals surface area (Å²) in [6, 6.07) is 5.47. The highest BCUT2D eigenvalue weighted by atomic mass is 79.9. The van der Waals surface area contributed by atoms with Crippen LogP contribution in [0.1, 0.15) is 51.6 Å². The van der Waals surface area contributed by atoms with Crippen molar-refractivity contribution < 1.29 is 10.2 Å². The van der Waals surface area contributed by atoms with Gasteiger partial charge in [0.25, 0.3) is 0 Å². The molecule has 2 atom stereocenters. The summed E-state index contributed by atoms with van der Waals surface area (Å²) < 4.78 is 0.945. The Hall–Kier alpha value is -0.580. The minimum Gasteiger partial charge on any atom is -0.508 e. The Morgan fingerprint density at radius 3 is 2.63 bits per heavy atom. The lowest BCUT2D eigenvalue weighted by molar-refractivity contribution is 0.0469. The number of hydrogen-bond donors (Lipinski definition) is 3. The van der Waals surface area contributed by atoms with E-state index < -0.39 is 5.60 Å². The van der Waals surface area contributed by atoms with Gasteiger partial charge in [-0.3, -0.25) is 0 Å². The van der Waals surface area contributed by atoms with Crippen LogP contribution in [-0.2, 0) is 0 Å². The highest BCUT2D eigenvalue weighted by Gasteiger charge is 2.22. The first-order valence-corrected chi connectivity index (χ1v) is 7.63. The van der Waals surface area contributed by atoms with Crippen LogP contribution in [0, 0.1) is 0 Å². The molecule has 0 spiro atoms. The molecule has 0 fully saturated rings. The molecular formula is C15H24BrNO2. The molecule has 0 heterocycles.